The molecule has 3 rings (SSSR count). The second-order valence-electron chi connectivity index (χ2n) is 7.99. The maximum Gasteiger partial charge on any atom is 0.319 e. The molecule has 1 heterocycles. The van der Waals surface area contributed by atoms with E-state index in [0.29, 0.717) is 37.9 Å². The van der Waals surface area contributed by atoms with Crippen LogP contribution in [0.5, 0.6) is 11.5 Å². The lowest BCUT2D eigenvalue weighted by atomic mass is 9.97. The van der Waals surface area contributed by atoms with Gasteiger partial charge in [0.05, 0.1) is 6.61 Å². The van der Waals surface area contributed by atoms with Crippen LogP contribution >= 0.6 is 0 Å². The van der Waals surface area contributed by atoms with Gasteiger partial charge in [-0.2, -0.15) is 0 Å². The van der Waals surface area contributed by atoms with Crippen LogP contribution in [0.1, 0.15) is 32.6 Å². The Bertz CT molecular complexity index is 834. The largest absolute Gasteiger partial charge is 0.494 e. The van der Waals surface area contributed by atoms with Crippen LogP contribution in [0, 0.1) is 5.92 Å². The van der Waals surface area contributed by atoms with Gasteiger partial charge in [-0.05, 0) is 61.6 Å². The van der Waals surface area contributed by atoms with E-state index < -0.39 is 0 Å². The van der Waals surface area contributed by atoms with Crippen molar-refractivity contribution in [1.29, 1.82) is 0 Å². The van der Waals surface area contributed by atoms with Crippen LogP contribution in [0.4, 0.5) is 10.5 Å². The zero-order chi connectivity index (χ0) is 22.6. The molecule has 0 radical (unpaired) electrons. The zero-order valence-electron chi connectivity index (χ0n) is 18.7. The minimum atomic E-state index is -0.223. The van der Waals surface area contributed by atoms with Crippen molar-refractivity contribution in [2.45, 2.75) is 32.6 Å². The van der Waals surface area contributed by atoms with Gasteiger partial charge < -0.3 is 25.0 Å². The Labute approximate surface area is 190 Å². The Morgan fingerprint density at radius 2 is 1.66 bits per heavy atom. The fraction of sp³-hybridized carbons (Fsp3) is 0.440. The van der Waals surface area contributed by atoms with Crippen LogP contribution in [0.2, 0.25) is 0 Å². The summed E-state index contributed by atoms with van der Waals surface area (Å²) >= 11 is 0. The molecule has 2 aromatic rings. The number of benzene rings is 2. The number of rotatable bonds is 10. The van der Waals surface area contributed by atoms with Gasteiger partial charge in [0.2, 0.25) is 0 Å². The van der Waals surface area contributed by atoms with Crippen molar-refractivity contribution in [3.63, 3.8) is 0 Å². The summed E-state index contributed by atoms with van der Waals surface area (Å²) in [5.41, 5.74) is 0.726. The number of anilines is 1. The molecule has 1 fully saturated rings. The van der Waals surface area contributed by atoms with E-state index in [9.17, 15) is 9.59 Å². The number of likely N-dealkylation sites (tertiary alicyclic amines) is 1. The summed E-state index contributed by atoms with van der Waals surface area (Å²) in [6, 6.07) is 16.5. The normalized spacial score (nSPS) is 14.0. The summed E-state index contributed by atoms with van der Waals surface area (Å²) < 4.78 is 11.2. The van der Waals surface area contributed by atoms with Gasteiger partial charge in [-0.1, -0.05) is 31.5 Å². The predicted octanol–water partition coefficient (Wildman–Crippen LogP) is 4.30. The average Bonchev–Trinajstić information content (AvgIpc) is 2.83. The molecule has 0 unspecified atom stereocenters. The maximum atomic E-state index is 12.4. The van der Waals surface area contributed by atoms with E-state index in [-0.39, 0.29) is 18.5 Å². The number of carbonyl (C=O) groups excluding carboxylic acids is 2. The lowest BCUT2D eigenvalue weighted by Gasteiger charge is -2.32. The lowest BCUT2D eigenvalue weighted by molar-refractivity contribution is -0.134. The van der Waals surface area contributed by atoms with E-state index in [0.717, 1.165) is 37.1 Å². The number of nitrogens with zero attached hydrogens (tertiary/aromatic N) is 1. The SMILES string of the molecule is CCCCOc1ccc(NC(=O)NCC2CCN(C(=O)COc3ccccc3)CC2)cc1. The number of carbonyl (C=O) groups is 2. The minimum absolute atomic E-state index is 0.000117. The first-order valence-corrected chi connectivity index (χ1v) is 11.4. The molecule has 1 aliphatic rings. The number of para-hydroxylation sites is 1. The van der Waals surface area contributed by atoms with Crippen molar-refractivity contribution in [1.82, 2.24) is 10.2 Å². The molecule has 3 amide bonds. The summed E-state index contributed by atoms with van der Waals surface area (Å²) in [5, 5.41) is 5.79. The van der Waals surface area contributed by atoms with Gasteiger partial charge in [0.25, 0.3) is 5.91 Å². The molecule has 1 aliphatic heterocycles. The molecule has 0 spiro atoms. The molecular formula is C25H33N3O4. The molecule has 7 heteroatoms. The number of nitrogens with one attached hydrogen (secondary N) is 2. The third-order valence-corrected chi connectivity index (χ3v) is 5.50. The van der Waals surface area contributed by atoms with E-state index in [1.54, 1.807) is 0 Å². The summed E-state index contributed by atoms with van der Waals surface area (Å²) in [6.45, 7) is 4.84. The monoisotopic (exact) mass is 439 g/mol. The fourth-order valence-electron chi connectivity index (χ4n) is 3.52. The molecule has 0 atom stereocenters. The van der Waals surface area contributed by atoms with Crippen LogP contribution in [-0.2, 0) is 4.79 Å². The molecule has 0 aliphatic carbocycles. The van der Waals surface area contributed by atoms with Gasteiger partial charge >= 0.3 is 6.03 Å². The quantitative estimate of drug-likeness (QED) is 0.541. The summed E-state index contributed by atoms with van der Waals surface area (Å²) in [6.07, 6.45) is 3.84. The van der Waals surface area contributed by atoms with E-state index in [1.807, 2.05) is 59.5 Å². The van der Waals surface area contributed by atoms with Crippen LogP contribution in [0.15, 0.2) is 54.6 Å². The van der Waals surface area contributed by atoms with Crippen LogP contribution in [-0.4, -0.2) is 49.7 Å². The topological polar surface area (TPSA) is 79.9 Å². The van der Waals surface area contributed by atoms with E-state index >= 15 is 0 Å². The molecular weight excluding hydrogens is 406 g/mol. The van der Waals surface area contributed by atoms with Crippen molar-refractivity contribution in [3.8, 4) is 11.5 Å². The third-order valence-electron chi connectivity index (χ3n) is 5.50. The molecule has 172 valence electrons. The average molecular weight is 440 g/mol. The van der Waals surface area contributed by atoms with Gasteiger partial charge in [-0.25, -0.2) is 4.79 Å². The number of ether oxygens (including phenoxy) is 2. The van der Waals surface area contributed by atoms with E-state index in [1.165, 1.54) is 0 Å². The molecule has 2 N–H and O–H groups in total. The number of unbranched alkanes of at least 4 members (excludes halogenated alkanes) is 1. The Morgan fingerprint density at radius 3 is 2.34 bits per heavy atom. The highest BCUT2D eigenvalue weighted by molar-refractivity contribution is 5.89. The predicted molar refractivity (Wildman–Crippen MR) is 125 cm³/mol. The standard InChI is InChI=1S/C25H33N3O4/c1-2-3-17-31-23-11-9-21(10-12-23)27-25(30)26-18-20-13-15-28(16-14-20)24(29)19-32-22-7-5-4-6-8-22/h4-12,20H,2-3,13-19H2,1H3,(H2,26,27,30). The Balaban J connectivity index is 1.31. The smallest absolute Gasteiger partial charge is 0.319 e. The number of hydrogen-bond acceptors (Lipinski definition) is 4. The molecule has 0 saturated carbocycles. The van der Waals surface area contributed by atoms with Crippen molar-refractivity contribution in [2.24, 2.45) is 5.92 Å². The Kier molecular flexibility index (Phi) is 9.22. The van der Waals surface area contributed by atoms with Crippen molar-refractivity contribution < 1.29 is 19.1 Å². The Hall–Kier alpha value is -3.22. The minimum Gasteiger partial charge on any atom is -0.494 e. The lowest BCUT2D eigenvalue weighted by Crippen LogP contribution is -2.43. The molecule has 0 aromatic heterocycles. The highest BCUT2D eigenvalue weighted by Gasteiger charge is 2.23. The van der Waals surface area contributed by atoms with Gasteiger partial charge in [0.15, 0.2) is 6.61 Å². The summed E-state index contributed by atoms with van der Waals surface area (Å²) in [5.74, 6) is 1.86. The molecule has 1 saturated heterocycles. The first-order valence-electron chi connectivity index (χ1n) is 11.4. The second kappa shape index (κ2) is 12.6. The first kappa shape index (κ1) is 23.4. The first-order chi connectivity index (χ1) is 15.6. The van der Waals surface area contributed by atoms with Crippen molar-refractivity contribution in [2.75, 3.05) is 38.2 Å². The van der Waals surface area contributed by atoms with Crippen LogP contribution < -0.4 is 20.1 Å². The maximum absolute atomic E-state index is 12.4. The summed E-state index contributed by atoms with van der Waals surface area (Å²) in [4.78, 5) is 26.4. The highest BCUT2D eigenvalue weighted by atomic mass is 16.5. The number of amides is 3. The zero-order valence-corrected chi connectivity index (χ0v) is 18.7. The third kappa shape index (κ3) is 7.80. The second-order valence-corrected chi connectivity index (χ2v) is 7.99. The molecule has 0 bridgehead atoms. The van der Waals surface area contributed by atoms with E-state index in [4.69, 9.17) is 9.47 Å². The highest BCUT2D eigenvalue weighted by Crippen LogP contribution is 2.18. The van der Waals surface area contributed by atoms with Gasteiger partial charge in [0, 0.05) is 25.3 Å². The van der Waals surface area contributed by atoms with E-state index in [2.05, 4.69) is 17.6 Å². The molecule has 32 heavy (non-hydrogen) atoms. The van der Waals surface area contributed by atoms with Crippen LogP contribution in [0.3, 0.4) is 0 Å². The fourth-order valence-corrected chi connectivity index (χ4v) is 3.52. The number of piperidine rings is 1. The molecule has 7 nitrogen and oxygen atoms in total. The van der Waals surface area contributed by atoms with Gasteiger partial charge in [-0.15, -0.1) is 0 Å². The number of urea groups is 1. The van der Waals surface area contributed by atoms with Gasteiger partial charge in [0.1, 0.15) is 11.5 Å². The summed E-state index contributed by atoms with van der Waals surface area (Å²) in [7, 11) is 0. The van der Waals surface area contributed by atoms with Crippen molar-refractivity contribution >= 4 is 17.6 Å². The van der Waals surface area contributed by atoms with Crippen LogP contribution in [0.25, 0.3) is 0 Å². The van der Waals surface area contributed by atoms with Gasteiger partial charge in [-0.3, -0.25) is 4.79 Å². The number of hydrogen-bond donors (Lipinski definition) is 2. The molecule has 2 aromatic carbocycles. The van der Waals surface area contributed by atoms with Crippen molar-refractivity contribution in [3.05, 3.63) is 54.6 Å². The Morgan fingerprint density at radius 1 is 0.969 bits per heavy atom.